The molecule has 3 aromatic heterocycles. The van der Waals surface area contributed by atoms with Gasteiger partial charge in [0.1, 0.15) is 0 Å². The first-order chi connectivity index (χ1) is 16.8. The van der Waals surface area contributed by atoms with Crippen molar-refractivity contribution < 1.29 is 17.1 Å². The largest absolute Gasteiger partial charge is 0.355 e. The Morgan fingerprint density at radius 2 is 1.14 bits per heavy atom. The topological polar surface area (TPSA) is 57.4 Å². The summed E-state index contributed by atoms with van der Waals surface area (Å²) in [5.41, 5.74) is 10.1. The molecule has 2 aliphatic heterocycles. The third kappa shape index (κ3) is 4.01. The van der Waals surface area contributed by atoms with E-state index < -0.39 is 0 Å². The molecule has 0 aliphatic carbocycles. The SMILES string of the molecule is C1=Cc2cc3ccc(cc4cc(-c5cccc6ccccc56)c(cc5nc(cc1n2)C=C5)[nH]4)[nH]3.[Mn]. The molecule has 4 nitrogen and oxygen atoms in total. The zero-order chi connectivity index (χ0) is 22.5. The normalized spacial score (nSPS) is 12.1. The summed E-state index contributed by atoms with van der Waals surface area (Å²) in [6.45, 7) is 0. The standard InChI is InChI=1S/C30H20N4.Mn/c1-2-6-27-19(4-1)5-3-7-28(27)29-17-26-16-24-11-10-22(32-24)14-20-8-9-21(31-20)15-23-12-13-25(33-23)18-30(29)34-26;/h1-18,32,34H;. The molecule has 0 spiro atoms. The molecule has 7 rings (SSSR count). The Hall–Kier alpha value is -4.18. The predicted octanol–water partition coefficient (Wildman–Crippen LogP) is 7.47. The van der Waals surface area contributed by atoms with Gasteiger partial charge in [-0.25, -0.2) is 9.97 Å². The molecule has 2 aromatic carbocycles. The number of benzene rings is 2. The van der Waals surface area contributed by atoms with Crippen LogP contribution in [0.25, 0.3) is 68.3 Å². The van der Waals surface area contributed by atoms with Crippen LogP contribution in [0.3, 0.4) is 0 Å². The van der Waals surface area contributed by atoms with Gasteiger partial charge in [0.25, 0.3) is 0 Å². The first-order valence-corrected chi connectivity index (χ1v) is 11.3. The second-order valence-electron chi connectivity index (χ2n) is 8.61. The van der Waals surface area contributed by atoms with Crippen molar-refractivity contribution in [3.63, 3.8) is 0 Å². The Bertz CT molecular complexity index is 1820. The Balaban J connectivity index is 0.00000229. The van der Waals surface area contributed by atoms with Crippen LogP contribution >= 0.6 is 0 Å². The monoisotopic (exact) mass is 491 g/mol. The fourth-order valence-electron chi connectivity index (χ4n) is 4.70. The third-order valence-corrected chi connectivity index (χ3v) is 6.25. The second-order valence-corrected chi connectivity index (χ2v) is 8.61. The van der Waals surface area contributed by atoms with E-state index >= 15 is 0 Å². The van der Waals surface area contributed by atoms with Gasteiger partial charge in [0.15, 0.2) is 0 Å². The van der Waals surface area contributed by atoms with E-state index in [1.807, 2.05) is 30.4 Å². The van der Waals surface area contributed by atoms with Crippen LogP contribution in [0.1, 0.15) is 22.8 Å². The van der Waals surface area contributed by atoms with Crippen LogP contribution in [0.2, 0.25) is 0 Å². The van der Waals surface area contributed by atoms with Crippen LogP contribution in [-0.2, 0) is 17.1 Å². The number of fused-ring (bicyclic) bond motifs is 9. The average Bonchev–Trinajstić information content (AvgIpc) is 3.64. The van der Waals surface area contributed by atoms with Gasteiger partial charge in [-0.15, -0.1) is 0 Å². The number of nitrogens with one attached hydrogen (secondary N) is 2. The van der Waals surface area contributed by atoms with Crippen LogP contribution in [0.5, 0.6) is 0 Å². The van der Waals surface area contributed by atoms with Crippen molar-refractivity contribution >= 4 is 57.1 Å². The van der Waals surface area contributed by atoms with Crippen molar-refractivity contribution in [2.75, 3.05) is 0 Å². The Kier molecular flexibility index (Phi) is 5.22. The van der Waals surface area contributed by atoms with Gasteiger partial charge in [-0.3, -0.25) is 0 Å². The average molecular weight is 491 g/mol. The van der Waals surface area contributed by atoms with Gasteiger partial charge in [0, 0.05) is 44.7 Å². The van der Waals surface area contributed by atoms with Crippen LogP contribution in [0.15, 0.2) is 84.9 Å². The molecule has 35 heavy (non-hydrogen) atoms. The number of hydrogen-bond acceptors (Lipinski definition) is 2. The summed E-state index contributed by atoms with van der Waals surface area (Å²) < 4.78 is 0. The Morgan fingerprint density at radius 3 is 1.94 bits per heavy atom. The van der Waals surface area contributed by atoms with Gasteiger partial charge < -0.3 is 9.97 Å². The Labute approximate surface area is 212 Å². The smallest absolute Gasteiger partial charge is 0.0659 e. The van der Waals surface area contributed by atoms with E-state index in [1.54, 1.807) is 0 Å². The quantitative estimate of drug-likeness (QED) is 0.234. The number of H-pyrrole nitrogens is 2. The van der Waals surface area contributed by atoms with Crippen molar-refractivity contribution in [2.24, 2.45) is 0 Å². The van der Waals surface area contributed by atoms with Crippen LogP contribution in [-0.4, -0.2) is 19.9 Å². The molecule has 5 heterocycles. The van der Waals surface area contributed by atoms with Crippen molar-refractivity contribution in [1.82, 2.24) is 19.9 Å². The number of aromatic amines is 2. The predicted molar refractivity (Wildman–Crippen MR) is 142 cm³/mol. The van der Waals surface area contributed by atoms with E-state index in [0.29, 0.717) is 0 Å². The van der Waals surface area contributed by atoms with Crippen molar-refractivity contribution in [3.8, 4) is 11.1 Å². The fraction of sp³-hybridized carbons (Fsp3) is 0. The van der Waals surface area contributed by atoms with Gasteiger partial charge >= 0.3 is 0 Å². The third-order valence-electron chi connectivity index (χ3n) is 6.25. The summed E-state index contributed by atoms with van der Waals surface area (Å²) in [6.07, 6.45) is 8.13. The summed E-state index contributed by atoms with van der Waals surface area (Å²) in [7, 11) is 0. The van der Waals surface area contributed by atoms with Crippen molar-refractivity contribution in [1.29, 1.82) is 0 Å². The maximum absolute atomic E-state index is 4.82. The molecule has 0 fully saturated rings. The van der Waals surface area contributed by atoms with Crippen LogP contribution in [0.4, 0.5) is 0 Å². The molecule has 167 valence electrons. The van der Waals surface area contributed by atoms with E-state index in [-0.39, 0.29) is 17.1 Å². The molecular formula is C30H20MnN4. The van der Waals surface area contributed by atoms with Crippen molar-refractivity contribution in [3.05, 3.63) is 108 Å². The summed E-state index contributed by atoms with van der Waals surface area (Å²) in [6, 6.07) is 29.7. The molecule has 5 heteroatoms. The zero-order valence-electron chi connectivity index (χ0n) is 18.7. The molecule has 8 bridgehead atoms. The minimum Gasteiger partial charge on any atom is -0.355 e. The first kappa shape index (κ1) is 21.4. The van der Waals surface area contributed by atoms with E-state index in [9.17, 15) is 0 Å². The fourth-order valence-corrected chi connectivity index (χ4v) is 4.70. The van der Waals surface area contributed by atoms with Crippen LogP contribution in [0, 0.1) is 0 Å². The molecule has 0 amide bonds. The summed E-state index contributed by atoms with van der Waals surface area (Å²) >= 11 is 0. The maximum Gasteiger partial charge on any atom is 0.0659 e. The summed E-state index contributed by atoms with van der Waals surface area (Å²) in [5.74, 6) is 0. The molecule has 0 saturated heterocycles. The van der Waals surface area contributed by atoms with Gasteiger partial charge in [0.2, 0.25) is 0 Å². The molecule has 2 aliphatic rings. The number of hydrogen-bond donors (Lipinski definition) is 2. The zero-order valence-corrected chi connectivity index (χ0v) is 19.8. The Morgan fingerprint density at radius 1 is 0.486 bits per heavy atom. The molecule has 2 N–H and O–H groups in total. The van der Waals surface area contributed by atoms with E-state index in [0.717, 1.165) is 50.4 Å². The van der Waals surface area contributed by atoms with Gasteiger partial charge in [-0.1, -0.05) is 42.5 Å². The minimum atomic E-state index is 0. The summed E-state index contributed by atoms with van der Waals surface area (Å²) in [4.78, 5) is 16.6. The second kappa shape index (κ2) is 8.55. The molecule has 0 unspecified atom stereocenters. The van der Waals surface area contributed by atoms with Crippen LogP contribution < -0.4 is 0 Å². The molecule has 0 saturated carbocycles. The number of nitrogens with zero attached hydrogens (tertiary/aromatic N) is 2. The minimum absolute atomic E-state index is 0. The maximum atomic E-state index is 4.82. The first-order valence-electron chi connectivity index (χ1n) is 11.3. The summed E-state index contributed by atoms with van der Waals surface area (Å²) in [5, 5.41) is 2.46. The number of rotatable bonds is 1. The molecule has 5 aromatic rings. The number of aromatic nitrogens is 4. The molecular weight excluding hydrogens is 471 g/mol. The van der Waals surface area contributed by atoms with Gasteiger partial charge in [-0.05, 0) is 83.1 Å². The molecule has 1 radical (unpaired) electrons. The van der Waals surface area contributed by atoms with E-state index in [1.165, 1.54) is 16.3 Å². The molecule has 0 atom stereocenters. The van der Waals surface area contributed by atoms with E-state index in [2.05, 4.69) is 88.8 Å². The van der Waals surface area contributed by atoms with Gasteiger partial charge in [-0.2, -0.15) is 0 Å². The van der Waals surface area contributed by atoms with Crippen molar-refractivity contribution in [2.45, 2.75) is 0 Å². The van der Waals surface area contributed by atoms with Gasteiger partial charge in [0.05, 0.1) is 22.8 Å². The van der Waals surface area contributed by atoms with E-state index in [4.69, 9.17) is 9.97 Å².